The monoisotopic (exact) mass is 146 g/mol. The molecular weight excluding hydrogens is 136 g/mol. The number of carbonyl (C=O) groups is 1. The van der Waals surface area contributed by atoms with Crippen molar-refractivity contribution in [2.24, 2.45) is 0 Å². The summed E-state index contributed by atoms with van der Waals surface area (Å²) in [6, 6.07) is 0. The third-order valence-electron chi connectivity index (χ3n) is 0.977. The van der Waals surface area contributed by atoms with Crippen LogP contribution in [0.25, 0.3) is 0 Å². The van der Waals surface area contributed by atoms with Gasteiger partial charge >= 0.3 is 0 Å². The molecule has 0 unspecified atom stereocenters. The maximum atomic E-state index is 10.2. The average Bonchev–Trinajstić information content (AvgIpc) is 1.63. The zero-order valence-corrected chi connectivity index (χ0v) is 6.37. The van der Waals surface area contributed by atoms with Crippen LogP contribution >= 0.6 is 11.6 Å². The van der Waals surface area contributed by atoms with Crippen LogP contribution < -0.4 is 0 Å². The van der Waals surface area contributed by atoms with Gasteiger partial charge in [-0.25, -0.2) is 0 Å². The molecule has 0 heterocycles. The summed E-state index contributed by atoms with van der Waals surface area (Å²) in [5.74, 6) is 0. The molecule has 0 rings (SSSR count). The second-order valence-corrected chi connectivity index (χ2v) is 2.59. The number of hydrogen-bond acceptors (Lipinski definition) is 1. The molecule has 9 heavy (non-hydrogen) atoms. The molecular formula is C7H11ClO. The number of allylic oxidation sites excluding steroid dienone is 1. The Morgan fingerprint density at radius 2 is 2.11 bits per heavy atom. The lowest BCUT2D eigenvalue weighted by Crippen LogP contribution is -1.85. The molecule has 0 aromatic carbocycles. The van der Waals surface area contributed by atoms with Crippen LogP contribution in [0.1, 0.15) is 26.2 Å². The van der Waals surface area contributed by atoms with Crippen molar-refractivity contribution in [2.45, 2.75) is 26.2 Å². The number of hydrogen-bond donors (Lipinski definition) is 0. The van der Waals surface area contributed by atoms with Gasteiger partial charge in [0.1, 0.15) is 0 Å². The van der Waals surface area contributed by atoms with E-state index in [1.165, 1.54) is 0 Å². The largest absolute Gasteiger partial charge is 0.281 e. The Balaban J connectivity index is 3.10. The molecule has 0 aromatic rings. The van der Waals surface area contributed by atoms with Crippen LogP contribution in [-0.4, -0.2) is 5.24 Å². The van der Waals surface area contributed by atoms with E-state index in [1.807, 2.05) is 6.92 Å². The summed E-state index contributed by atoms with van der Waals surface area (Å²) in [6.45, 7) is 5.64. The van der Waals surface area contributed by atoms with E-state index in [4.69, 9.17) is 11.6 Å². The highest BCUT2D eigenvalue weighted by Gasteiger charge is 1.94. The average molecular weight is 147 g/mol. The molecule has 0 atom stereocenters. The molecule has 0 saturated heterocycles. The molecule has 0 N–H and O–H groups in total. The standard InChI is InChI=1S/C7H11ClO/c1-6(2)4-3-5-7(8)9/h1,3-5H2,2H3. The van der Waals surface area contributed by atoms with Gasteiger partial charge in [0.15, 0.2) is 0 Å². The SMILES string of the molecule is C=C(C)CCCC(=O)Cl. The smallest absolute Gasteiger partial charge is 0.221 e. The van der Waals surface area contributed by atoms with Gasteiger partial charge in [0, 0.05) is 6.42 Å². The molecule has 0 aromatic heterocycles. The lowest BCUT2D eigenvalue weighted by molar-refractivity contribution is -0.111. The van der Waals surface area contributed by atoms with Gasteiger partial charge in [-0.2, -0.15) is 0 Å². The minimum atomic E-state index is -0.253. The van der Waals surface area contributed by atoms with Gasteiger partial charge in [0.05, 0.1) is 0 Å². The Kier molecular flexibility index (Phi) is 4.41. The van der Waals surface area contributed by atoms with Crippen LogP contribution in [0.4, 0.5) is 0 Å². The molecule has 0 spiro atoms. The van der Waals surface area contributed by atoms with Gasteiger partial charge in [-0.1, -0.05) is 5.57 Å². The quantitative estimate of drug-likeness (QED) is 0.440. The van der Waals surface area contributed by atoms with Crippen LogP contribution in [0.5, 0.6) is 0 Å². The highest BCUT2D eigenvalue weighted by Crippen LogP contribution is 2.04. The van der Waals surface area contributed by atoms with Crippen molar-refractivity contribution in [3.8, 4) is 0 Å². The number of rotatable bonds is 4. The van der Waals surface area contributed by atoms with Gasteiger partial charge in [-0.15, -0.1) is 6.58 Å². The minimum Gasteiger partial charge on any atom is -0.281 e. The van der Waals surface area contributed by atoms with Crippen molar-refractivity contribution in [1.29, 1.82) is 0 Å². The summed E-state index contributed by atoms with van der Waals surface area (Å²) in [5.41, 5.74) is 1.10. The predicted molar refractivity (Wildman–Crippen MR) is 39.5 cm³/mol. The fourth-order valence-corrected chi connectivity index (χ4v) is 0.663. The highest BCUT2D eigenvalue weighted by atomic mass is 35.5. The van der Waals surface area contributed by atoms with E-state index in [1.54, 1.807) is 0 Å². The van der Waals surface area contributed by atoms with Crippen LogP contribution in [0.15, 0.2) is 12.2 Å². The molecule has 2 heteroatoms. The second kappa shape index (κ2) is 4.57. The first kappa shape index (κ1) is 8.70. The maximum Gasteiger partial charge on any atom is 0.221 e. The minimum absolute atomic E-state index is 0.253. The van der Waals surface area contributed by atoms with Crippen molar-refractivity contribution >= 4 is 16.8 Å². The summed E-state index contributed by atoms with van der Waals surface area (Å²) < 4.78 is 0. The van der Waals surface area contributed by atoms with E-state index in [-0.39, 0.29) is 5.24 Å². The number of halogens is 1. The van der Waals surface area contributed by atoms with Crippen LogP contribution in [0, 0.1) is 0 Å². The highest BCUT2D eigenvalue weighted by molar-refractivity contribution is 6.63. The van der Waals surface area contributed by atoms with Crippen molar-refractivity contribution in [1.82, 2.24) is 0 Å². The van der Waals surface area contributed by atoms with E-state index >= 15 is 0 Å². The Hall–Kier alpha value is -0.300. The lowest BCUT2D eigenvalue weighted by Gasteiger charge is -1.93. The van der Waals surface area contributed by atoms with Crippen molar-refractivity contribution < 1.29 is 4.79 Å². The summed E-state index contributed by atoms with van der Waals surface area (Å²) in [5, 5.41) is -0.253. The second-order valence-electron chi connectivity index (χ2n) is 2.17. The molecule has 0 aliphatic rings. The van der Waals surface area contributed by atoms with Crippen molar-refractivity contribution in [2.75, 3.05) is 0 Å². The number of carbonyl (C=O) groups excluding carboxylic acids is 1. The molecule has 0 bridgehead atoms. The van der Waals surface area contributed by atoms with Gasteiger partial charge < -0.3 is 0 Å². The molecule has 0 radical (unpaired) electrons. The molecule has 0 saturated carbocycles. The zero-order valence-electron chi connectivity index (χ0n) is 5.61. The fourth-order valence-electron chi connectivity index (χ4n) is 0.529. The molecule has 0 aliphatic carbocycles. The third-order valence-corrected chi connectivity index (χ3v) is 1.17. The topological polar surface area (TPSA) is 17.1 Å². The summed E-state index contributed by atoms with van der Waals surface area (Å²) in [4.78, 5) is 10.2. The van der Waals surface area contributed by atoms with E-state index in [2.05, 4.69) is 6.58 Å². The lowest BCUT2D eigenvalue weighted by atomic mass is 10.1. The molecule has 0 amide bonds. The van der Waals surface area contributed by atoms with Crippen LogP contribution in [0.3, 0.4) is 0 Å². The first-order valence-corrected chi connectivity index (χ1v) is 3.33. The molecule has 0 aliphatic heterocycles. The van der Waals surface area contributed by atoms with Gasteiger partial charge in [-0.05, 0) is 31.4 Å². The zero-order chi connectivity index (χ0) is 7.28. The first-order valence-electron chi connectivity index (χ1n) is 2.95. The van der Waals surface area contributed by atoms with E-state index in [9.17, 15) is 4.79 Å². The predicted octanol–water partition coefficient (Wildman–Crippen LogP) is 2.50. The Morgan fingerprint density at radius 3 is 2.44 bits per heavy atom. The van der Waals surface area contributed by atoms with E-state index in [0.29, 0.717) is 6.42 Å². The molecule has 0 fully saturated rings. The normalized spacial score (nSPS) is 9.11. The Labute approximate surface area is 60.7 Å². The van der Waals surface area contributed by atoms with Crippen LogP contribution in [0.2, 0.25) is 0 Å². The summed E-state index contributed by atoms with van der Waals surface area (Å²) in [6.07, 6.45) is 2.20. The van der Waals surface area contributed by atoms with Gasteiger partial charge in [-0.3, -0.25) is 4.79 Å². The first-order chi connectivity index (χ1) is 4.13. The summed E-state index contributed by atoms with van der Waals surface area (Å²) in [7, 11) is 0. The fraction of sp³-hybridized carbons (Fsp3) is 0.571. The van der Waals surface area contributed by atoms with Crippen molar-refractivity contribution in [3.05, 3.63) is 12.2 Å². The maximum absolute atomic E-state index is 10.2. The molecule has 1 nitrogen and oxygen atoms in total. The Bertz CT molecular complexity index is 104. The Morgan fingerprint density at radius 1 is 1.56 bits per heavy atom. The van der Waals surface area contributed by atoms with E-state index in [0.717, 1.165) is 18.4 Å². The molecule has 52 valence electrons. The van der Waals surface area contributed by atoms with Crippen molar-refractivity contribution in [3.63, 3.8) is 0 Å². The van der Waals surface area contributed by atoms with Gasteiger partial charge in [0.2, 0.25) is 5.24 Å². The van der Waals surface area contributed by atoms with E-state index < -0.39 is 0 Å². The summed E-state index contributed by atoms with van der Waals surface area (Å²) >= 11 is 5.09. The van der Waals surface area contributed by atoms with Gasteiger partial charge in [0.25, 0.3) is 0 Å². The van der Waals surface area contributed by atoms with Crippen LogP contribution in [-0.2, 0) is 4.79 Å². The third kappa shape index (κ3) is 7.70.